The largest absolute Gasteiger partial charge is 0.312 e. The molecule has 2 heterocycles. The van der Waals surface area contributed by atoms with Crippen LogP contribution in [0.25, 0.3) is 0 Å². The molecule has 1 aromatic rings. The van der Waals surface area contributed by atoms with Crippen LogP contribution in [0.15, 0.2) is 24.4 Å². The van der Waals surface area contributed by atoms with Gasteiger partial charge in [-0.3, -0.25) is 9.88 Å². The number of nitrogens with zero attached hydrogens (tertiary/aromatic N) is 3. The van der Waals surface area contributed by atoms with Crippen molar-refractivity contribution in [1.29, 1.82) is 5.26 Å². The van der Waals surface area contributed by atoms with E-state index in [1.165, 1.54) is 0 Å². The van der Waals surface area contributed by atoms with Crippen molar-refractivity contribution in [1.82, 2.24) is 15.2 Å². The summed E-state index contributed by atoms with van der Waals surface area (Å²) in [7, 11) is 0. The molecule has 1 aliphatic rings. The van der Waals surface area contributed by atoms with Crippen molar-refractivity contribution in [3.8, 4) is 6.07 Å². The Kier molecular flexibility index (Phi) is 4.68. The lowest BCUT2D eigenvalue weighted by molar-refractivity contribution is 0.194. The van der Waals surface area contributed by atoms with Gasteiger partial charge < -0.3 is 5.32 Å². The topological polar surface area (TPSA) is 52.0 Å². The Hall–Kier alpha value is -1.44. The van der Waals surface area contributed by atoms with E-state index in [1.54, 1.807) is 0 Å². The molecular formula is C14H20N4. The van der Waals surface area contributed by atoms with Crippen molar-refractivity contribution >= 4 is 0 Å². The molecule has 0 amide bonds. The highest BCUT2D eigenvalue weighted by Gasteiger charge is 2.22. The SMILES string of the molecule is CC1CCNC(CC#N)CN1Cc1ccccn1. The molecule has 4 nitrogen and oxygen atoms in total. The Bertz CT molecular complexity index is 398. The van der Waals surface area contributed by atoms with Crippen LogP contribution in [0.3, 0.4) is 0 Å². The van der Waals surface area contributed by atoms with Crippen molar-refractivity contribution in [2.75, 3.05) is 13.1 Å². The van der Waals surface area contributed by atoms with E-state index < -0.39 is 0 Å². The van der Waals surface area contributed by atoms with E-state index in [2.05, 4.69) is 34.3 Å². The zero-order valence-corrected chi connectivity index (χ0v) is 10.8. The van der Waals surface area contributed by atoms with Crippen LogP contribution in [0.5, 0.6) is 0 Å². The fourth-order valence-electron chi connectivity index (χ4n) is 2.37. The van der Waals surface area contributed by atoms with Gasteiger partial charge in [-0.2, -0.15) is 5.26 Å². The molecule has 1 N–H and O–H groups in total. The van der Waals surface area contributed by atoms with E-state index in [9.17, 15) is 0 Å². The highest BCUT2D eigenvalue weighted by molar-refractivity contribution is 5.04. The summed E-state index contributed by atoms with van der Waals surface area (Å²) >= 11 is 0. The Balaban J connectivity index is 2.01. The van der Waals surface area contributed by atoms with Gasteiger partial charge in [-0.15, -0.1) is 0 Å². The minimum absolute atomic E-state index is 0.281. The molecule has 0 spiro atoms. The van der Waals surface area contributed by atoms with Gasteiger partial charge in [0, 0.05) is 31.4 Å². The van der Waals surface area contributed by atoms with Gasteiger partial charge in [0.1, 0.15) is 0 Å². The molecule has 0 aliphatic carbocycles. The van der Waals surface area contributed by atoms with Crippen molar-refractivity contribution in [2.24, 2.45) is 0 Å². The summed E-state index contributed by atoms with van der Waals surface area (Å²) in [6.45, 7) is 5.03. The van der Waals surface area contributed by atoms with E-state index in [4.69, 9.17) is 5.26 Å². The summed E-state index contributed by atoms with van der Waals surface area (Å²) in [4.78, 5) is 6.80. The third-order valence-corrected chi connectivity index (χ3v) is 3.50. The Morgan fingerprint density at radius 3 is 3.17 bits per heavy atom. The van der Waals surface area contributed by atoms with Crippen LogP contribution in [0.4, 0.5) is 0 Å². The van der Waals surface area contributed by atoms with Gasteiger partial charge >= 0.3 is 0 Å². The van der Waals surface area contributed by atoms with Crippen molar-refractivity contribution in [2.45, 2.75) is 38.4 Å². The first-order valence-electron chi connectivity index (χ1n) is 6.54. The summed E-state index contributed by atoms with van der Waals surface area (Å²) in [5.41, 5.74) is 1.10. The molecule has 96 valence electrons. The summed E-state index contributed by atoms with van der Waals surface area (Å²) in [5.74, 6) is 0. The maximum atomic E-state index is 8.83. The number of aromatic nitrogens is 1. The fraction of sp³-hybridized carbons (Fsp3) is 0.571. The zero-order valence-electron chi connectivity index (χ0n) is 10.8. The number of nitriles is 1. The monoisotopic (exact) mass is 244 g/mol. The fourth-order valence-corrected chi connectivity index (χ4v) is 2.37. The maximum absolute atomic E-state index is 8.83. The minimum atomic E-state index is 0.281. The van der Waals surface area contributed by atoms with Gasteiger partial charge in [0.15, 0.2) is 0 Å². The Morgan fingerprint density at radius 2 is 2.44 bits per heavy atom. The Labute approximate surface area is 109 Å². The smallest absolute Gasteiger partial charge is 0.0638 e. The van der Waals surface area contributed by atoms with Gasteiger partial charge in [-0.25, -0.2) is 0 Å². The second kappa shape index (κ2) is 6.48. The van der Waals surface area contributed by atoms with E-state index in [-0.39, 0.29) is 6.04 Å². The van der Waals surface area contributed by atoms with Gasteiger partial charge in [0.05, 0.1) is 18.2 Å². The first-order chi connectivity index (χ1) is 8.79. The molecule has 0 aromatic carbocycles. The lowest BCUT2D eigenvalue weighted by atomic mass is 10.1. The molecule has 2 unspecified atom stereocenters. The molecule has 4 heteroatoms. The molecule has 1 aliphatic heterocycles. The van der Waals surface area contributed by atoms with Crippen LogP contribution in [0, 0.1) is 11.3 Å². The molecule has 2 atom stereocenters. The Morgan fingerprint density at radius 1 is 1.56 bits per heavy atom. The third kappa shape index (κ3) is 3.52. The van der Waals surface area contributed by atoms with Gasteiger partial charge in [0.25, 0.3) is 0 Å². The number of nitrogens with one attached hydrogen (secondary N) is 1. The second-order valence-electron chi connectivity index (χ2n) is 4.90. The molecule has 0 radical (unpaired) electrons. The molecular weight excluding hydrogens is 224 g/mol. The predicted molar refractivity (Wildman–Crippen MR) is 70.7 cm³/mol. The van der Waals surface area contributed by atoms with Crippen LogP contribution < -0.4 is 5.32 Å². The van der Waals surface area contributed by atoms with Gasteiger partial charge in [-0.1, -0.05) is 6.07 Å². The third-order valence-electron chi connectivity index (χ3n) is 3.50. The zero-order chi connectivity index (χ0) is 12.8. The number of hydrogen-bond donors (Lipinski definition) is 1. The standard InChI is InChI=1S/C14H20N4/c1-12-6-9-17-14(5-7-15)11-18(12)10-13-4-2-3-8-16-13/h2-4,8,12,14,17H,5-6,9-11H2,1H3. The average molecular weight is 244 g/mol. The van der Waals surface area contributed by atoms with Crippen molar-refractivity contribution < 1.29 is 0 Å². The van der Waals surface area contributed by atoms with E-state index in [0.29, 0.717) is 12.5 Å². The normalized spacial score (nSPS) is 25.3. The second-order valence-corrected chi connectivity index (χ2v) is 4.90. The lowest BCUT2D eigenvalue weighted by Crippen LogP contribution is -2.39. The molecule has 1 aromatic heterocycles. The average Bonchev–Trinajstić information content (AvgIpc) is 2.54. The van der Waals surface area contributed by atoms with E-state index >= 15 is 0 Å². The maximum Gasteiger partial charge on any atom is 0.0638 e. The summed E-state index contributed by atoms with van der Waals surface area (Å²) in [6, 6.07) is 9.09. The van der Waals surface area contributed by atoms with E-state index in [0.717, 1.165) is 31.7 Å². The van der Waals surface area contributed by atoms with Gasteiger partial charge in [0.2, 0.25) is 0 Å². The molecule has 18 heavy (non-hydrogen) atoms. The molecule has 2 rings (SSSR count). The highest BCUT2D eigenvalue weighted by Crippen LogP contribution is 2.13. The minimum Gasteiger partial charge on any atom is -0.312 e. The summed E-state index contributed by atoms with van der Waals surface area (Å²) in [5, 5.41) is 12.3. The predicted octanol–water partition coefficient (Wildman–Crippen LogP) is 1.55. The first-order valence-corrected chi connectivity index (χ1v) is 6.54. The van der Waals surface area contributed by atoms with Crippen molar-refractivity contribution in [3.63, 3.8) is 0 Å². The molecule has 0 saturated carbocycles. The molecule has 0 bridgehead atoms. The molecule has 1 saturated heterocycles. The van der Waals surface area contributed by atoms with Crippen molar-refractivity contribution in [3.05, 3.63) is 30.1 Å². The van der Waals surface area contributed by atoms with Crippen LogP contribution in [-0.2, 0) is 6.54 Å². The van der Waals surface area contributed by atoms with Crippen LogP contribution >= 0.6 is 0 Å². The molecule has 1 fully saturated rings. The van der Waals surface area contributed by atoms with Crippen LogP contribution in [-0.4, -0.2) is 35.1 Å². The highest BCUT2D eigenvalue weighted by atomic mass is 15.2. The summed E-state index contributed by atoms with van der Waals surface area (Å²) in [6.07, 6.45) is 3.53. The number of pyridine rings is 1. The van der Waals surface area contributed by atoms with E-state index in [1.807, 2.05) is 18.3 Å². The van der Waals surface area contributed by atoms with Crippen LogP contribution in [0.2, 0.25) is 0 Å². The first kappa shape index (κ1) is 13.0. The summed E-state index contributed by atoms with van der Waals surface area (Å²) < 4.78 is 0. The lowest BCUT2D eigenvalue weighted by Gasteiger charge is -2.28. The number of rotatable bonds is 3. The van der Waals surface area contributed by atoms with Gasteiger partial charge in [-0.05, 0) is 32.0 Å². The number of hydrogen-bond acceptors (Lipinski definition) is 4. The quantitative estimate of drug-likeness (QED) is 0.876. The van der Waals surface area contributed by atoms with Crippen LogP contribution in [0.1, 0.15) is 25.5 Å².